The third-order valence-corrected chi connectivity index (χ3v) is 5.51. The molecule has 5 nitrogen and oxygen atoms in total. The molecule has 1 atom stereocenters. The third-order valence-electron chi connectivity index (χ3n) is 3.99. The summed E-state index contributed by atoms with van der Waals surface area (Å²) >= 11 is 13.8. The van der Waals surface area contributed by atoms with Crippen LogP contribution in [-0.2, 0) is 4.79 Å². The van der Waals surface area contributed by atoms with Crippen molar-refractivity contribution in [1.82, 2.24) is 10.2 Å². The SMILES string of the molecule is CSc1cc(C(=O)N2CCCC(C(=O)NCCN)C2)c(Cl)cc1Cl. The second kappa shape index (κ2) is 8.94. The van der Waals surface area contributed by atoms with Crippen molar-refractivity contribution in [2.24, 2.45) is 11.7 Å². The lowest BCUT2D eigenvalue weighted by Crippen LogP contribution is -2.46. The summed E-state index contributed by atoms with van der Waals surface area (Å²) in [4.78, 5) is 27.4. The van der Waals surface area contributed by atoms with Gasteiger partial charge in [0.15, 0.2) is 0 Å². The van der Waals surface area contributed by atoms with Gasteiger partial charge in [0.2, 0.25) is 5.91 Å². The number of piperidine rings is 1. The Bertz CT molecular complexity index is 628. The van der Waals surface area contributed by atoms with Crippen LogP contribution in [0, 0.1) is 5.92 Å². The Kier molecular flexibility index (Phi) is 7.22. The van der Waals surface area contributed by atoms with Gasteiger partial charge in [-0.1, -0.05) is 23.2 Å². The molecule has 0 aliphatic carbocycles. The Balaban J connectivity index is 2.13. The fourth-order valence-electron chi connectivity index (χ4n) is 2.74. The van der Waals surface area contributed by atoms with Gasteiger partial charge in [0.25, 0.3) is 5.91 Å². The number of hydrogen-bond donors (Lipinski definition) is 2. The number of rotatable bonds is 5. The lowest BCUT2D eigenvalue weighted by Gasteiger charge is -2.32. The van der Waals surface area contributed by atoms with Crippen molar-refractivity contribution >= 4 is 46.8 Å². The summed E-state index contributed by atoms with van der Waals surface area (Å²) in [5.74, 6) is -0.423. The van der Waals surface area contributed by atoms with Crippen molar-refractivity contribution in [3.05, 3.63) is 27.7 Å². The fourth-order valence-corrected chi connectivity index (χ4v) is 3.92. The first-order chi connectivity index (χ1) is 11.5. The van der Waals surface area contributed by atoms with E-state index in [-0.39, 0.29) is 17.7 Å². The van der Waals surface area contributed by atoms with Gasteiger partial charge in [0.1, 0.15) is 0 Å². The first-order valence-corrected chi connectivity index (χ1v) is 9.76. The minimum atomic E-state index is -0.208. The third kappa shape index (κ3) is 4.57. The van der Waals surface area contributed by atoms with Crippen molar-refractivity contribution in [2.45, 2.75) is 17.7 Å². The van der Waals surface area contributed by atoms with Crippen LogP contribution >= 0.6 is 35.0 Å². The summed E-state index contributed by atoms with van der Waals surface area (Å²) in [6, 6.07) is 3.31. The molecule has 8 heteroatoms. The molecule has 0 bridgehead atoms. The molecule has 1 aromatic rings. The zero-order chi connectivity index (χ0) is 17.7. The fraction of sp³-hybridized carbons (Fsp3) is 0.500. The summed E-state index contributed by atoms with van der Waals surface area (Å²) in [5.41, 5.74) is 5.83. The van der Waals surface area contributed by atoms with E-state index in [1.54, 1.807) is 17.0 Å². The number of benzene rings is 1. The van der Waals surface area contributed by atoms with E-state index >= 15 is 0 Å². The lowest BCUT2D eigenvalue weighted by molar-refractivity contribution is -0.126. The van der Waals surface area contributed by atoms with Crippen molar-refractivity contribution in [3.8, 4) is 0 Å². The molecular weight excluding hydrogens is 369 g/mol. The summed E-state index contributed by atoms with van der Waals surface area (Å²) in [6.45, 7) is 1.86. The minimum Gasteiger partial charge on any atom is -0.355 e. The number of likely N-dealkylation sites (tertiary alicyclic amines) is 1. The molecule has 24 heavy (non-hydrogen) atoms. The molecule has 1 aromatic carbocycles. The molecular formula is C16H21Cl2N3O2S. The van der Waals surface area contributed by atoms with Crippen LogP contribution in [0.15, 0.2) is 17.0 Å². The first kappa shape index (κ1) is 19.4. The van der Waals surface area contributed by atoms with Gasteiger partial charge >= 0.3 is 0 Å². The van der Waals surface area contributed by atoms with E-state index in [4.69, 9.17) is 28.9 Å². The average molecular weight is 390 g/mol. The van der Waals surface area contributed by atoms with Crippen LogP contribution in [0.5, 0.6) is 0 Å². The largest absolute Gasteiger partial charge is 0.355 e. The molecule has 0 radical (unpaired) electrons. The second-order valence-electron chi connectivity index (χ2n) is 5.64. The van der Waals surface area contributed by atoms with Gasteiger partial charge in [0, 0.05) is 31.1 Å². The molecule has 1 heterocycles. The maximum atomic E-state index is 12.8. The molecule has 0 saturated carbocycles. The highest BCUT2D eigenvalue weighted by Crippen LogP contribution is 2.32. The van der Waals surface area contributed by atoms with Gasteiger partial charge in [-0.15, -0.1) is 11.8 Å². The predicted octanol–water partition coefficient (Wildman–Crippen LogP) is 2.64. The van der Waals surface area contributed by atoms with Gasteiger partial charge in [-0.25, -0.2) is 0 Å². The second-order valence-corrected chi connectivity index (χ2v) is 7.30. The van der Waals surface area contributed by atoms with Gasteiger partial charge in [0.05, 0.1) is 21.5 Å². The Morgan fingerprint density at radius 3 is 2.79 bits per heavy atom. The topological polar surface area (TPSA) is 75.4 Å². The van der Waals surface area contributed by atoms with Crippen LogP contribution in [0.1, 0.15) is 23.2 Å². The van der Waals surface area contributed by atoms with Crippen molar-refractivity contribution in [3.63, 3.8) is 0 Å². The summed E-state index contributed by atoms with van der Waals surface area (Å²) in [7, 11) is 0. The lowest BCUT2D eigenvalue weighted by atomic mass is 9.96. The summed E-state index contributed by atoms with van der Waals surface area (Å²) in [6.07, 6.45) is 3.44. The molecule has 1 saturated heterocycles. The number of halogens is 2. The van der Waals surface area contributed by atoms with Crippen LogP contribution in [0.2, 0.25) is 10.0 Å². The Morgan fingerprint density at radius 2 is 2.12 bits per heavy atom. The Labute approximate surface area is 156 Å². The van der Waals surface area contributed by atoms with E-state index in [1.807, 2.05) is 6.26 Å². The highest BCUT2D eigenvalue weighted by molar-refractivity contribution is 7.98. The number of hydrogen-bond acceptors (Lipinski definition) is 4. The zero-order valence-electron chi connectivity index (χ0n) is 13.5. The van der Waals surface area contributed by atoms with Gasteiger partial charge in [-0.05, 0) is 31.2 Å². The van der Waals surface area contributed by atoms with E-state index in [0.29, 0.717) is 41.8 Å². The highest BCUT2D eigenvalue weighted by atomic mass is 35.5. The number of carbonyl (C=O) groups is 2. The maximum absolute atomic E-state index is 12.8. The van der Waals surface area contributed by atoms with Gasteiger partial charge in [-0.2, -0.15) is 0 Å². The number of amides is 2. The number of nitrogens with two attached hydrogens (primary N) is 1. The van der Waals surface area contributed by atoms with E-state index in [0.717, 1.165) is 17.7 Å². The van der Waals surface area contributed by atoms with E-state index in [9.17, 15) is 9.59 Å². The number of carbonyl (C=O) groups excluding carboxylic acids is 2. The van der Waals surface area contributed by atoms with E-state index < -0.39 is 0 Å². The van der Waals surface area contributed by atoms with Crippen LogP contribution in [0.3, 0.4) is 0 Å². The maximum Gasteiger partial charge on any atom is 0.255 e. The minimum absolute atomic E-state index is 0.0510. The monoisotopic (exact) mass is 389 g/mol. The number of thioether (sulfide) groups is 1. The normalized spacial score (nSPS) is 17.7. The van der Waals surface area contributed by atoms with E-state index in [1.165, 1.54) is 11.8 Å². The average Bonchev–Trinajstić information content (AvgIpc) is 2.59. The zero-order valence-corrected chi connectivity index (χ0v) is 15.8. The molecule has 0 spiro atoms. The standard InChI is InChI=1S/C16H21Cl2N3O2S/c1-24-14-7-11(12(17)8-13(14)18)16(23)21-6-2-3-10(9-21)15(22)20-5-4-19/h7-8,10H,2-6,9,19H2,1H3,(H,20,22). The molecule has 1 fully saturated rings. The molecule has 2 rings (SSSR count). The van der Waals surface area contributed by atoms with E-state index in [2.05, 4.69) is 5.32 Å². The van der Waals surface area contributed by atoms with Gasteiger partial charge < -0.3 is 16.0 Å². The molecule has 0 aromatic heterocycles. The quantitative estimate of drug-likeness (QED) is 0.758. The molecule has 1 aliphatic rings. The highest BCUT2D eigenvalue weighted by Gasteiger charge is 2.29. The molecule has 1 aliphatic heterocycles. The molecule has 3 N–H and O–H groups in total. The van der Waals surface area contributed by atoms with Crippen LogP contribution < -0.4 is 11.1 Å². The Morgan fingerprint density at radius 1 is 1.38 bits per heavy atom. The summed E-state index contributed by atoms with van der Waals surface area (Å²) < 4.78 is 0. The number of nitrogens with one attached hydrogen (secondary N) is 1. The Hall–Kier alpha value is -0.950. The molecule has 1 unspecified atom stereocenters. The predicted molar refractivity (Wildman–Crippen MR) is 98.9 cm³/mol. The summed E-state index contributed by atoms with van der Waals surface area (Å²) in [5, 5.41) is 3.65. The van der Waals surface area contributed by atoms with Gasteiger partial charge in [-0.3, -0.25) is 9.59 Å². The molecule has 132 valence electrons. The number of nitrogens with zero attached hydrogens (tertiary/aromatic N) is 1. The molecule has 2 amide bonds. The smallest absolute Gasteiger partial charge is 0.255 e. The van der Waals surface area contributed by atoms with Crippen LogP contribution in [0.4, 0.5) is 0 Å². The van der Waals surface area contributed by atoms with Crippen LogP contribution in [-0.4, -0.2) is 49.1 Å². The van der Waals surface area contributed by atoms with Crippen molar-refractivity contribution in [1.29, 1.82) is 0 Å². The van der Waals surface area contributed by atoms with Crippen LogP contribution in [0.25, 0.3) is 0 Å². The van der Waals surface area contributed by atoms with Crippen molar-refractivity contribution in [2.75, 3.05) is 32.4 Å². The van der Waals surface area contributed by atoms with Crippen molar-refractivity contribution < 1.29 is 9.59 Å². The first-order valence-electron chi connectivity index (χ1n) is 7.78.